The van der Waals surface area contributed by atoms with Crippen LogP contribution in [-0.2, 0) is 11.2 Å². The number of unbranched alkanes of at least 4 members (excludes halogenated alkanes) is 2. The molecule has 0 spiro atoms. The van der Waals surface area contributed by atoms with Crippen LogP contribution in [0, 0.1) is 6.92 Å². The molecular formula is C22H31N2O2+. The number of hydrogen-bond donors (Lipinski definition) is 1. The van der Waals surface area contributed by atoms with Crippen molar-refractivity contribution in [1.82, 2.24) is 4.98 Å². The molecule has 1 aliphatic rings. The molecule has 0 aliphatic carbocycles. The van der Waals surface area contributed by atoms with Gasteiger partial charge in [-0.05, 0) is 39.7 Å². The van der Waals surface area contributed by atoms with Crippen LogP contribution in [0.25, 0.3) is 16.5 Å². The molecule has 4 nitrogen and oxygen atoms in total. The van der Waals surface area contributed by atoms with Gasteiger partial charge in [-0.15, -0.1) is 0 Å². The van der Waals surface area contributed by atoms with Crippen molar-refractivity contribution in [1.29, 1.82) is 0 Å². The van der Waals surface area contributed by atoms with Gasteiger partial charge in [-0.2, -0.15) is 4.57 Å². The average Bonchev–Trinajstić information content (AvgIpc) is 3.06. The maximum Gasteiger partial charge on any atom is 0.355 e. The molecule has 26 heavy (non-hydrogen) atoms. The molecule has 1 atom stereocenters. The smallest absolute Gasteiger partial charge is 0.355 e. The van der Waals surface area contributed by atoms with Crippen LogP contribution in [0.15, 0.2) is 11.6 Å². The minimum Gasteiger partial charge on any atom is -0.461 e. The first kappa shape index (κ1) is 18.7. The van der Waals surface area contributed by atoms with Gasteiger partial charge in [0.25, 0.3) is 0 Å². The molecule has 3 heterocycles. The minimum atomic E-state index is -0.262. The van der Waals surface area contributed by atoms with Crippen LogP contribution in [0.3, 0.4) is 0 Å². The zero-order chi connectivity index (χ0) is 19.0. The molecule has 0 fully saturated rings. The number of nitrogens with one attached hydrogen (secondary N) is 1. The van der Waals surface area contributed by atoms with Gasteiger partial charge in [-0.3, -0.25) is 0 Å². The lowest BCUT2D eigenvalue weighted by Gasteiger charge is -2.10. The van der Waals surface area contributed by atoms with Crippen LogP contribution in [0.1, 0.15) is 87.4 Å². The molecule has 1 N–H and O–H groups in total. The molecule has 0 radical (unpaired) electrons. The van der Waals surface area contributed by atoms with Crippen LogP contribution in [-0.4, -0.2) is 17.6 Å². The molecule has 2 aromatic heterocycles. The first-order valence-electron chi connectivity index (χ1n) is 9.86. The molecule has 0 aromatic carbocycles. The Morgan fingerprint density at radius 1 is 1.23 bits per heavy atom. The zero-order valence-electron chi connectivity index (χ0n) is 17.0. The number of allylic oxidation sites excluding steroid dienone is 2. The highest BCUT2D eigenvalue weighted by Gasteiger charge is 2.36. The molecule has 140 valence electrons. The number of fused-ring (bicyclic) bond motifs is 2. The van der Waals surface area contributed by atoms with E-state index in [1.807, 2.05) is 13.8 Å². The van der Waals surface area contributed by atoms with E-state index >= 15 is 0 Å². The van der Waals surface area contributed by atoms with Gasteiger partial charge in [0.1, 0.15) is 5.69 Å². The van der Waals surface area contributed by atoms with Crippen LogP contribution in [0.5, 0.6) is 0 Å². The van der Waals surface area contributed by atoms with Gasteiger partial charge in [0.2, 0.25) is 5.69 Å². The van der Waals surface area contributed by atoms with Crippen LogP contribution in [0.2, 0.25) is 0 Å². The number of pyridine rings is 1. The minimum absolute atomic E-state index is 0.262. The lowest BCUT2D eigenvalue weighted by Crippen LogP contribution is -2.42. The van der Waals surface area contributed by atoms with E-state index in [0.717, 1.165) is 17.5 Å². The molecule has 0 saturated heterocycles. The third-order valence-electron chi connectivity index (χ3n) is 5.89. The van der Waals surface area contributed by atoms with Gasteiger partial charge in [-0.1, -0.05) is 19.8 Å². The Bertz CT molecular complexity index is 889. The predicted octanol–water partition coefficient (Wildman–Crippen LogP) is 5.04. The number of nitrogens with zero attached hydrogens (tertiary/aromatic N) is 1. The van der Waals surface area contributed by atoms with Crippen LogP contribution in [0.4, 0.5) is 0 Å². The monoisotopic (exact) mass is 355 g/mol. The maximum atomic E-state index is 12.4. The Labute approximate surface area is 156 Å². The summed E-state index contributed by atoms with van der Waals surface area (Å²) in [6, 6.07) is 2.57. The van der Waals surface area contributed by atoms with Crippen LogP contribution >= 0.6 is 0 Å². The summed E-state index contributed by atoms with van der Waals surface area (Å²) in [6.07, 6.45) is 4.62. The van der Waals surface area contributed by atoms with Gasteiger partial charge in [0.05, 0.1) is 17.5 Å². The predicted molar refractivity (Wildman–Crippen MR) is 105 cm³/mol. The van der Waals surface area contributed by atoms with Crippen molar-refractivity contribution in [2.24, 2.45) is 0 Å². The summed E-state index contributed by atoms with van der Waals surface area (Å²) < 4.78 is 7.74. The fourth-order valence-electron chi connectivity index (χ4n) is 4.21. The summed E-state index contributed by atoms with van der Waals surface area (Å²) in [4.78, 5) is 15.7. The molecular weight excluding hydrogens is 324 g/mol. The van der Waals surface area contributed by atoms with E-state index in [2.05, 4.69) is 43.3 Å². The lowest BCUT2D eigenvalue weighted by atomic mass is 10.0. The number of ether oxygens (including phenoxy) is 1. The first-order chi connectivity index (χ1) is 12.4. The number of aromatic amines is 1. The van der Waals surface area contributed by atoms with E-state index < -0.39 is 0 Å². The molecule has 0 amide bonds. The Balaban J connectivity index is 2.23. The van der Waals surface area contributed by atoms with E-state index in [-0.39, 0.29) is 5.97 Å². The van der Waals surface area contributed by atoms with Crippen molar-refractivity contribution in [2.45, 2.75) is 73.3 Å². The van der Waals surface area contributed by atoms with E-state index in [1.165, 1.54) is 47.2 Å². The maximum absolute atomic E-state index is 12.4. The number of H-pyrrole nitrogens is 1. The van der Waals surface area contributed by atoms with Gasteiger partial charge < -0.3 is 9.72 Å². The standard InChI is InChI=1S/C22H30N2O2/c1-7-9-10-11-18-20-15(5)21(22(25)26-8-2)23-17(20)12-19-14(4)13(3)16(6)24(18)19/h12,16H,7-11H2,1-6H3/p+1. The quantitative estimate of drug-likeness (QED) is 0.448. The number of aromatic nitrogens is 2. The average molecular weight is 356 g/mol. The highest BCUT2D eigenvalue weighted by atomic mass is 16.5. The lowest BCUT2D eigenvalue weighted by molar-refractivity contribution is -0.713. The zero-order valence-corrected chi connectivity index (χ0v) is 17.0. The van der Waals surface area contributed by atoms with Gasteiger partial charge in [-0.25, -0.2) is 4.79 Å². The topological polar surface area (TPSA) is 46.0 Å². The molecule has 0 saturated carbocycles. The molecule has 4 heteroatoms. The SMILES string of the molecule is CCCCCc1c2c(C)c(C(=O)OCC)[nH]c2cc2[n+]1C(C)C(C)=C2C. The summed E-state index contributed by atoms with van der Waals surface area (Å²) in [5, 5.41) is 1.20. The van der Waals surface area contributed by atoms with E-state index in [1.54, 1.807) is 0 Å². The second-order valence-corrected chi connectivity index (χ2v) is 7.42. The first-order valence-corrected chi connectivity index (χ1v) is 9.86. The van der Waals surface area contributed by atoms with E-state index in [4.69, 9.17) is 4.74 Å². The summed E-state index contributed by atoms with van der Waals surface area (Å²) in [6.45, 7) is 13.2. The molecule has 2 aromatic rings. The number of carbonyl (C=O) groups is 1. The second kappa shape index (κ2) is 7.26. The van der Waals surface area contributed by atoms with Crippen molar-refractivity contribution >= 4 is 22.4 Å². The van der Waals surface area contributed by atoms with Crippen molar-refractivity contribution in [3.8, 4) is 0 Å². The summed E-state index contributed by atoms with van der Waals surface area (Å²) in [5.41, 5.74) is 8.04. The van der Waals surface area contributed by atoms with E-state index in [9.17, 15) is 4.79 Å². The Morgan fingerprint density at radius 2 is 1.96 bits per heavy atom. The number of aryl methyl sites for hydroxylation is 2. The van der Waals surface area contributed by atoms with Gasteiger partial charge >= 0.3 is 5.97 Å². The number of hydrogen-bond acceptors (Lipinski definition) is 2. The van der Waals surface area contributed by atoms with Gasteiger partial charge in [0, 0.05) is 30.6 Å². The third-order valence-corrected chi connectivity index (χ3v) is 5.89. The van der Waals surface area contributed by atoms with Crippen molar-refractivity contribution < 1.29 is 14.1 Å². The summed E-state index contributed by atoms with van der Waals surface area (Å²) in [7, 11) is 0. The number of esters is 1. The summed E-state index contributed by atoms with van der Waals surface area (Å²) >= 11 is 0. The molecule has 3 rings (SSSR count). The Morgan fingerprint density at radius 3 is 2.62 bits per heavy atom. The second-order valence-electron chi connectivity index (χ2n) is 7.42. The fourth-order valence-corrected chi connectivity index (χ4v) is 4.21. The number of carbonyl (C=O) groups excluding carboxylic acids is 1. The largest absolute Gasteiger partial charge is 0.461 e. The summed E-state index contributed by atoms with van der Waals surface area (Å²) in [5.74, 6) is -0.262. The molecule has 0 bridgehead atoms. The molecule has 1 aliphatic heterocycles. The van der Waals surface area contributed by atoms with Gasteiger partial charge in [0.15, 0.2) is 11.7 Å². The highest BCUT2D eigenvalue weighted by molar-refractivity contribution is 5.99. The van der Waals surface area contributed by atoms with Crippen molar-refractivity contribution in [3.05, 3.63) is 34.3 Å². The van der Waals surface area contributed by atoms with E-state index in [0.29, 0.717) is 18.3 Å². The Hall–Kier alpha value is -2.10. The third kappa shape index (κ3) is 2.85. The normalized spacial score (nSPS) is 16.5. The van der Waals surface area contributed by atoms with Crippen molar-refractivity contribution in [2.75, 3.05) is 6.61 Å². The Kier molecular flexibility index (Phi) is 5.22. The highest BCUT2D eigenvalue weighted by Crippen LogP contribution is 2.35. The fraction of sp³-hybridized carbons (Fsp3) is 0.545. The molecule has 1 unspecified atom stereocenters. The van der Waals surface area contributed by atoms with Crippen LogP contribution < -0.4 is 4.57 Å². The van der Waals surface area contributed by atoms with Crippen molar-refractivity contribution in [3.63, 3.8) is 0 Å². The number of rotatable bonds is 6.